The number of aliphatic hydroxyl groups excluding tert-OH is 1. The first-order valence-corrected chi connectivity index (χ1v) is 11.6. The third-order valence-corrected chi connectivity index (χ3v) is 6.75. The second-order valence-electron chi connectivity index (χ2n) is 7.43. The van der Waals surface area contributed by atoms with Crippen molar-refractivity contribution in [1.29, 1.82) is 0 Å². The Kier molecular flexibility index (Phi) is 6.23. The Morgan fingerprint density at radius 1 is 1.09 bits per heavy atom. The van der Waals surface area contributed by atoms with Crippen molar-refractivity contribution >= 4 is 33.2 Å². The number of nitrogens with one attached hydrogen (secondary N) is 1. The molecule has 4 aromatic rings. The van der Waals surface area contributed by atoms with Crippen molar-refractivity contribution in [3.05, 3.63) is 69.9 Å². The molecule has 1 aliphatic rings. The van der Waals surface area contributed by atoms with Crippen molar-refractivity contribution in [3.63, 3.8) is 0 Å². The van der Waals surface area contributed by atoms with E-state index in [0.717, 1.165) is 49.1 Å². The summed E-state index contributed by atoms with van der Waals surface area (Å²) in [5, 5.41) is 13.8. The van der Waals surface area contributed by atoms with Gasteiger partial charge in [0.05, 0.1) is 22.0 Å². The largest absolute Gasteiger partial charge is 0.486 e. The van der Waals surface area contributed by atoms with Crippen LogP contribution in [0.4, 0.5) is 0 Å². The number of thiazole rings is 1. The van der Waals surface area contributed by atoms with Gasteiger partial charge < -0.3 is 19.9 Å². The fourth-order valence-electron chi connectivity index (χ4n) is 3.76. The van der Waals surface area contributed by atoms with Crippen LogP contribution in [0.1, 0.15) is 16.3 Å². The molecular weight excluding hydrogens is 446 g/mol. The van der Waals surface area contributed by atoms with Crippen molar-refractivity contribution in [2.75, 3.05) is 26.4 Å². The molecule has 32 heavy (non-hydrogen) atoms. The highest BCUT2D eigenvalue weighted by Crippen LogP contribution is 2.38. The van der Waals surface area contributed by atoms with Crippen LogP contribution in [0, 0.1) is 0 Å². The normalized spacial score (nSPS) is 12.9. The van der Waals surface area contributed by atoms with Crippen LogP contribution >= 0.6 is 22.9 Å². The summed E-state index contributed by atoms with van der Waals surface area (Å²) in [7, 11) is 0. The number of hydrogen-bond donors (Lipinski definition) is 2. The second kappa shape index (κ2) is 9.42. The van der Waals surface area contributed by atoms with Crippen molar-refractivity contribution in [2.24, 2.45) is 0 Å². The van der Waals surface area contributed by atoms with Crippen molar-refractivity contribution in [1.82, 2.24) is 15.3 Å². The van der Waals surface area contributed by atoms with Gasteiger partial charge in [0, 0.05) is 31.3 Å². The van der Waals surface area contributed by atoms with Gasteiger partial charge >= 0.3 is 0 Å². The number of aromatic nitrogens is 2. The molecule has 0 spiro atoms. The van der Waals surface area contributed by atoms with E-state index in [1.54, 1.807) is 11.3 Å². The van der Waals surface area contributed by atoms with Crippen LogP contribution in [0.3, 0.4) is 0 Å². The summed E-state index contributed by atoms with van der Waals surface area (Å²) in [6, 6.07) is 13.9. The molecule has 0 amide bonds. The Balaban J connectivity index is 1.45. The minimum atomic E-state index is 0.107. The summed E-state index contributed by atoms with van der Waals surface area (Å²) in [6.07, 6.45) is 2.40. The standard InChI is InChI=1S/C24H22ClN3O3S/c25-23-16(2-1-3-17(23)15-4-5-19-20(13-15)31-11-10-30-19)12-18-24-21(6-7-27-18)32-22(28-24)14-26-8-9-29/h1-7,13,26,29H,8-12,14H2. The lowest BCUT2D eigenvalue weighted by Crippen LogP contribution is -2.17. The zero-order chi connectivity index (χ0) is 21.9. The van der Waals surface area contributed by atoms with Crippen LogP contribution in [0.15, 0.2) is 48.7 Å². The number of fused-ring (bicyclic) bond motifs is 2. The molecule has 164 valence electrons. The Morgan fingerprint density at radius 3 is 2.84 bits per heavy atom. The topological polar surface area (TPSA) is 76.5 Å². The summed E-state index contributed by atoms with van der Waals surface area (Å²) in [5.74, 6) is 1.50. The Morgan fingerprint density at radius 2 is 1.97 bits per heavy atom. The summed E-state index contributed by atoms with van der Waals surface area (Å²) >= 11 is 8.50. The van der Waals surface area contributed by atoms with Gasteiger partial charge in [0.25, 0.3) is 0 Å². The summed E-state index contributed by atoms with van der Waals surface area (Å²) in [6.45, 7) is 2.39. The minimum absolute atomic E-state index is 0.107. The highest BCUT2D eigenvalue weighted by atomic mass is 35.5. The van der Waals surface area contributed by atoms with Gasteiger partial charge in [-0.25, -0.2) is 4.98 Å². The molecule has 0 aliphatic carbocycles. The monoisotopic (exact) mass is 467 g/mol. The van der Waals surface area contributed by atoms with Crippen LogP contribution < -0.4 is 14.8 Å². The number of pyridine rings is 1. The Bertz CT molecular complexity index is 1260. The quantitative estimate of drug-likeness (QED) is 0.391. The molecule has 0 atom stereocenters. The molecule has 0 saturated heterocycles. The average Bonchev–Trinajstić information content (AvgIpc) is 3.24. The number of hydrogen-bond acceptors (Lipinski definition) is 7. The SMILES string of the molecule is OCCNCc1nc2c(Cc3cccc(-c4ccc5c(c4)OCCO5)c3Cl)nccc2s1. The number of aliphatic hydroxyl groups is 1. The van der Waals surface area contributed by atoms with E-state index in [0.29, 0.717) is 37.7 Å². The van der Waals surface area contributed by atoms with Gasteiger partial charge in [-0.3, -0.25) is 4.98 Å². The van der Waals surface area contributed by atoms with E-state index in [1.807, 2.05) is 48.7 Å². The number of nitrogens with zero attached hydrogens (tertiary/aromatic N) is 2. The van der Waals surface area contributed by atoms with E-state index >= 15 is 0 Å². The number of halogens is 1. The summed E-state index contributed by atoms with van der Waals surface area (Å²) in [5.41, 5.74) is 4.72. The van der Waals surface area contributed by atoms with Gasteiger partial charge in [-0.2, -0.15) is 0 Å². The highest BCUT2D eigenvalue weighted by molar-refractivity contribution is 7.18. The number of rotatable bonds is 7. The lowest BCUT2D eigenvalue weighted by atomic mass is 9.99. The molecule has 0 unspecified atom stereocenters. The highest BCUT2D eigenvalue weighted by Gasteiger charge is 2.16. The third kappa shape index (κ3) is 4.29. The van der Waals surface area contributed by atoms with Gasteiger partial charge in [-0.05, 0) is 29.3 Å². The van der Waals surface area contributed by atoms with E-state index in [2.05, 4.69) is 10.3 Å². The zero-order valence-corrected chi connectivity index (χ0v) is 18.9. The van der Waals surface area contributed by atoms with Gasteiger partial charge in [-0.15, -0.1) is 11.3 Å². The van der Waals surface area contributed by atoms with Gasteiger partial charge in [0.2, 0.25) is 0 Å². The van der Waals surface area contributed by atoms with Crippen LogP contribution in [0.25, 0.3) is 21.3 Å². The van der Waals surface area contributed by atoms with Crippen LogP contribution in [-0.4, -0.2) is 41.4 Å². The fourth-order valence-corrected chi connectivity index (χ4v) is 5.02. The lowest BCUT2D eigenvalue weighted by molar-refractivity contribution is 0.171. The van der Waals surface area contributed by atoms with Crippen molar-refractivity contribution in [2.45, 2.75) is 13.0 Å². The molecule has 1 aliphatic heterocycles. The van der Waals surface area contributed by atoms with E-state index < -0.39 is 0 Å². The maximum Gasteiger partial charge on any atom is 0.161 e. The molecule has 6 nitrogen and oxygen atoms in total. The molecule has 2 aromatic carbocycles. The Labute approximate surface area is 194 Å². The molecule has 0 bridgehead atoms. The van der Waals surface area contributed by atoms with E-state index in [9.17, 15) is 0 Å². The predicted octanol–water partition coefficient (Wildman–Crippen LogP) is 4.46. The lowest BCUT2D eigenvalue weighted by Gasteiger charge is -2.19. The molecule has 0 radical (unpaired) electrons. The van der Waals surface area contributed by atoms with Crippen LogP contribution in [-0.2, 0) is 13.0 Å². The molecule has 2 N–H and O–H groups in total. The second-order valence-corrected chi connectivity index (χ2v) is 8.92. The Hall–Kier alpha value is -2.71. The number of ether oxygens (including phenoxy) is 2. The molecule has 8 heteroatoms. The van der Waals surface area contributed by atoms with E-state index in [1.165, 1.54) is 0 Å². The van der Waals surface area contributed by atoms with Crippen molar-refractivity contribution in [3.8, 4) is 22.6 Å². The first-order chi connectivity index (χ1) is 15.7. The number of benzene rings is 2. The van der Waals surface area contributed by atoms with Gasteiger partial charge in [0.1, 0.15) is 23.7 Å². The first kappa shape index (κ1) is 21.2. The molecule has 5 rings (SSSR count). The fraction of sp³-hybridized carbons (Fsp3) is 0.250. The third-order valence-electron chi connectivity index (χ3n) is 5.28. The van der Waals surface area contributed by atoms with Crippen LogP contribution in [0.2, 0.25) is 5.02 Å². The molecule has 0 saturated carbocycles. The maximum absolute atomic E-state index is 8.97. The molecule has 3 heterocycles. The molecule has 2 aromatic heterocycles. The van der Waals surface area contributed by atoms with E-state index in [-0.39, 0.29) is 6.61 Å². The van der Waals surface area contributed by atoms with Gasteiger partial charge in [0.15, 0.2) is 11.5 Å². The minimum Gasteiger partial charge on any atom is -0.486 e. The average molecular weight is 468 g/mol. The van der Waals surface area contributed by atoms with Gasteiger partial charge in [-0.1, -0.05) is 35.9 Å². The zero-order valence-electron chi connectivity index (χ0n) is 17.3. The predicted molar refractivity (Wildman–Crippen MR) is 127 cm³/mol. The van der Waals surface area contributed by atoms with E-state index in [4.69, 9.17) is 31.2 Å². The summed E-state index contributed by atoms with van der Waals surface area (Å²) < 4.78 is 12.5. The first-order valence-electron chi connectivity index (χ1n) is 10.4. The molecular formula is C24H22ClN3O3S. The van der Waals surface area contributed by atoms with Crippen molar-refractivity contribution < 1.29 is 14.6 Å². The smallest absolute Gasteiger partial charge is 0.161 e. The van der Waals surface area contributed by atoms with Crippen LogP contribution in [0.5, 0.6) is 11.5 Å². The maximum atomic E-state index is 8.97. The molecule has 0 fully saturated rings. The summed E-state index contributed by atoms with van der Waals surface area (Å²) in [4.78, 5) is 9.38.